The Morgan fingerprint density at radius 3 is 2.53 bits per heavy atom. The van der Waals surface area contributed by atoms with Crippen molar-refractivity contribution in [1.82, 2.24) is 0 Å². The van der Waals surface area contributed by atoms with Crippen LogP contribution in [-0.2, 0) is 0 Å². The van der Waals surface area contributed by atoms with E-state index in [2.05, 4.69) is 13.8 Å². The molecule has 0 saturated carbocycles. The summed E-state index contributed by atoms with van der Waals surface area (Å²) in [6, 6.07) is 7.62. The Balaban J connectivity index is 2.72. The topological polar surface area (TPSA) is 58.7 Å². The molecule has 108 valence electrons. The van der Waals surface area contributed by atoms with Crippen LogP contribution in [0.5, 0.6) is 5.75 Å². The third-order valence-corrected chi connectivity index (χ3v) is 3.02. The molecule has 0 radical (unpaired) electrons. The predicted molar refractivity (Wildman–Crippen MR) is 79.7 cm³/mol. The third kappa shape index (κ3) is 5.09. The SMILES string of the molecule is CC(C)CC(N)C(CO)Oc1cccc(N(C)C)c1. The van der Waals surface area contributed by atoms with Gasteiger partial charge in [-0.1, -0.05) is 19.9 Å². The number of hydrogen-bond donors (Lipinski definition) is 2. The minimum atomic E-state index is -0.361. The van der Waals surface area contributed by atoms with Crippen LogP contribution in [0.25, 0.3) is 0 Å². The quantitative estimate of drug-likeness (QED) is 0.791. The fourth-order valence-electron chi connectivity index (χ4n) is 1.97. The van der Waals surface area contributed by atoms with Crippen molar-refractivity contribution in [2.24, 2.45) is 11.7 Å². The number of nitrogens with zero attached hydrogens (tertiary/aromatic N) is 1. The number of nitrogens with two attached hydrogens (primary N) is 1. The van der Waals surface area contributed by atoms with Crippen molar-refractivity contribution in [1.29, 1.82) is 0 Å². The summed E-state index contributed by atoms with van der Waals surface area (Å²) in [5.41, 5.74) is 7.14. The number of aliphatic hydroxyl groups is 1. The molecule has 0 spiro atoms. The van der Waals surface area contributed by atoms with Gasteiger partial charge in [0.15, 0.2) is 0 Å². The highest BCUT2D eigenvalue weighted by molar-refractivity contribution is 5.49. The number of anilines is 1. The Morgan fingerprint density at radius 2 is 2.00 bits per heavy atom. The molecule has 0 amide bonds. The zero-order valence-electron chi connectivity index (χ0n) is 12.3. The van der Waals surface area contributed by atoms with Crippen molar-refractivity contribution in [3.8, 4) is 5.75 Å². The number of hydrogen-bond acceptors (Lipinski definition) is 4. The minimum Gasteiger partial charge on any atom is -0.486 e. The highest BCUT2D eigenvalue weighted by Crippen LogP contribution is 2.21. The molecular formula is C15H26N2O2. The summed E-state index contributed by atoms with van der Waals surface area (Å²) < 4.78 is 5.82. The third-order valence-electron chi connectivity index (χ3n) is 3.02. The average molecular weight is 266 g/mol. The van der Waals surface area contributed by atoms with Crippen LogP contribution in [0.1, 0.15) is 20.3 Å². The average Bonchev–Trinajstić information content (AvgIpc) is 2.35. The molecule has 3 N–H and O–H groups in total. The van der Waals surface area contributed by atoms with E-state index in [0.717, 1.165) is 17.9 Å². The largest absolute Gasteiger partial charge is 0.486 e. The van der Waals surface area contributed by atoms with Crippen molar-refractivity contribution < 1.29 is 9.84 Å². The van der Waals surface area contributed by atoms with Gasteiger partial charge in [0.25, 0.3) is 0 Å². The van der Waals surface area contributed by atoms with E-state index in [0.29, 0.717) is 5.92 Å². The van der Waals surface area contributed by atoms with Gasteiger partial charge in [0.2, 0.25) is 0 Å². The standard InChI is InChI=1S/C15H26N2O2/c1-11(2)8-14(16)15(10-18)19-13-7-5-6-12(9-13)17(3)4/h5-7,9,11,14-15,18H,8,10,16H2,1-4H3. The molecule has 0 aliphatic heterocycles. The first kappa shape index (κ1) is 15.8. The lowest BCUT2D eigenvalue weighted by Crippen LogP contribution is -2.42. The van der Waals surface area contributed by atoms with E-state index >= 15 is 0 Å². The molecule has 0 fully saturated rings. The van der Waals surface area contributed by atoms with Gasteiger partial charge < -0.3 is 20.5 Å². The molecule has 0 bridgehead atoms. The van der Waals surface area contributed by atoms with Gasteiger partial charge in [0.1, 0.15) is 11.9 Å². The van der Waals surface area contributed by atoms with Crippen molar-refractivity contribution in [2.45, 2.75) is 32.4 Å². The minimum absolute atomic E-state index is 0.0694. The van der Waals surface area contributed by atoms with Crippen molar-refractivity contribution >= 4 is 5.69 Å². The van der Waals surface area contributed by atoms with Crippen LogP contribution in [0.4, 0.5) is 5.69 Å². The van der Waals surface area contributed by atoms with Crippen molar-refractivity contribution in [3.63, 3.8) is 0 Å². The molecule has 1 aromatic rings. The molecular weight excluding hydrogens is 240 g/mol. The van der Waals surface area contributed by atoms with E-state index in [4.69, 9.17) is 10.5 Å². The monoisotopic (exact) mass is 266 g/mol. The Hall–Kier alpha value is -1.26. The van der Waals surface area contributed by atoms with Crippen LogP contribution >= 0.6 is 0 Å². The first-order valence-electron chi connectivity index (χ1n) is 6.74. The molecule has 0 aromatic heterocycles. The number of rotatable bonds is 7. The number of ether oxygens (including phenoxy) is 1. The fraction of sp³-hybridized carbons (Fsp3) is 0.600. The first-order chi connectivity index (χ1) is 8.93. The van der Waals surface area contributed by atoms with E-state index in [1.807, 2.05) is 43.3 Å². The van der Waals surface area contributed by atoms with Gasteiger partial charge in [0.05, 0.1) is 6.61 Å². The molecule has 0 heterocycles. The number of benzene rings is 1. The smallest absolute Gasteiger partial charge is 0.137 e. The van der Waals surface area contributed by atoms with Crippen LogP contribution in [0.3, 0.4) is 0 Å². The predicted octanol–water partition coefficient (Wildman–Crippen LogP) is 1.87. The summed E-state index contributed by atoms with van der Waals surface area (Å²) in [7, 11) is 3.96. The number of aliphatic hydroxyl groups excluding tert-OH is 1. The van der Waals surface area contributed by atoms with Gasteiger partial charge in [-0.15, -0.1) is 0 Å². The Bertz CT molecular complexity index is 380. The molecule has 1 rings (SSSR count). The molecule has 0 aliphatic rings. The maximum Gasteiger partial charge on any atom is 0.137 e. The van der Waals surface area contributed by atoms with Crippen molar-refractivity contribution in [2.75, 3.05) is 25.6 Å². The van der Waals surface area contributed by atoms with E-state index in [-0.39, 0.29) is 18.8 Å². The highest BCUT2D eigenvalue weighted by Gasteiger charge is 2.20. The van der Waals surface area contributed by atoms with Crippen LogP contribution < -0.4 is 15.4 Å². The summed E-state index contributed by atoms with van der Waals surface area (Å²) in [4.78, 5) is 2.01. The highest BCUT2D eigenvalue weighted by atomic mass is 16.5. The fourth-order valence-corrected chi connectivity index (χ4v) is 1.97. The summed E-state index contributed by atoms with van der Waals surface area (Å²) in [5, 5.41) is 9.43. The summed E-state index contributed by atoms with van der Waals surface area (Å²) in [5.74, 6) is 1.23. The van der Waals surface area contributed by atoms with Crippen LogP contribution in [0, 0.1) is 5.92 Å². The second-order valence-corrected chi connectivity index (χ2v) is 5.52. The summed E-state index contributed by atoms with van der Waals surface area (Å²) in [6.45, 7) is 4.15. The molecule has 2 unspecified atom stereocenters. The maximum atomic E-state index is 9.43. The van der Waals surface area contributed by atoms with E-state index in [1.54, 1.807) is 0 Å². The molecule has 19 heavy (non-hydrogen) atoms. The Labute approximate surface area is 116 Å². The lowest BCUT2D eigenvalue weighted by molar-refractivity contribution is 0.0882. The zero-order valence-corrected chi connectivity index (χ0v) is 12.3. The second-order valence-electron chi connectivity index (χ2n) is 5.52. The van der Waals surface area contributed by atoms with E-state index < -0.39 is 0 Å². The Kier molecular flexibility index (Phi) is 6.12. The Morgan fingerprint density at radius 1 is 1.32 bits per heavy atom. The van der Waals surface area contributed by atoms with Gasteiger partial charge in [0, 0.05) is 31.9 Å². The van der Waals surface area contributed by atoms with Crippen LogP contribution in [0.15, 0.2) is 24.3 Å². The van der Waals surface area contributed by atoms with Gasteiger partial charge >= 0.3 is 0 Å². The van der Waals surface area contributed by atoms with Gasteiger partial charge in [-0.2, -0.15) is 0 Å². The first-order valence-corrected chi connectivity index (χ1v) is 6.74. The summed E-state index contributed by atoms with van der Waals surface area (Å²) >= 11 is 0. The zero-order chi connectivity index (χ0) is 14.4. The van der Waals surface area contributed by atoms with E-state index in [1.165, 1.54) is 0 Å². The lowest BCUT2D eigenvalue weighted by atomic mass is 10.0. The maximum absolute atomic E-state index is 9.43. The summed E-state index contributed by atoms with van der Waals surface area (Å²) in [6.07, 6.45) is 0.471. The van der Waals surface area contributed by atoms with Crippen LogP contribution in [-0.4, -0.2) is 38.0 Å². The van der Waals surface area contributed by atoms with E-state index in [9.17, 15) is 5.11 Å². The van der Waals surface area contributed by atoms with Crippen LogP contribution in [0.2, 0.25) is 0 Å². The molecule has 4 nitrogen and oxygen atoms in total. The molecule has 0 aliphatic carbocycles. The molecule has 4 heteroatoms. The molecule has 2 atom stereocenters. The molecule has 1 aromatic carbocycles. The van der Waals surface area contributed by atoms with Gasteiger partial charge in [-0.25, -0.2) is 0 Å². The van der Waals surface area contributed by atoms with Gasteiger partial charge in [-0.05, 0) is 24.5 Å². The molecule has 0 saturated heterocycles. The second kappa shape index (κ2) is 7.36. The van der Waals surface area contributed by atoms with Crippen molar-refractivity contribution in [3.05, 3.63) is 24.3 Å². The normalized spacial score (nSPS) is 14.3. The van der Waals surface area contributed by atoms with Gasteiger partial charge in [-0.3, -0.25) is 0 Å². The lowest BCUT2D eigenvalue weighted by Gasteiger charge is -2.25.